The van der Waals surface area contributed by atoms with E-state index >= 15 is 0 Å². The molecule has 0 aliphatic heterocycles. The minimum atomic E-state index is -0.623. The molecule has 1 heterocycles. The Morgan fingerprint density at radius 3 is 2.40 bits per heavy atom. The van der Waals surface area contributed by atoms with Crippen LogP contribution >= 0.6 is 0 Å². The fourth-order valence-corrected chi connectivity index (χ4v) is 2.21. The first-order valence-corrected chi connectivity index (χ1v) is 5.99. The zero-order valence-electron chi connectivity index (χ0n) is 10.4. The lowest BCUT2D eigenvalue weighted by atomic mass is 10.2. The molecule has 5 nitrogen and oxygen atoms in total. The van der Waals surface area contributed by atoms with E-state index in [0.717, 1.165) is 4.57 Å². The van der Waals surface area contributed by atoms with Gasteiger partial charge in [-0.05, 0) is 24.3 Å². The summed E-state index contributed by atoms with van der Waals surface area (Å²) in [7, 11) is 0. The molecule has 5 heteroatoms. The van der Waals surface area contributed by atoms with Crippen LogP contribution in [0.15, 0.2) is 54.6 Å². The Kier molecular flexibility index (Phi) is 2.70. The minimum absolute atomic E-state index is 0.120. The van der Waals surface area contributed by atoms with E-state index in [4.69, 9.17) is 5.39 Å². The summed E-state index contributed by atoms with van der Waals surface area (Å²) in [5.74, 6) is -1.07. The van der Waals surface area contributed by atoms with Crippen molar-refractivity contribution in [2.75, 3.05) is 0 Å². The lowest BCUT2D eigenvalue weighted by molar-refractivity contribution is -0.274. The summed E-state index contributed by atoms with van der Waals surface area (Å²) in [6.45, 7) is 0. The zero-order chi connectivity index (χ0) is 14.1. The molecule has 0 spiro atoms. The van der Waals surface area contributed by atoms with E-state index in [1.165, 1.54) is 0 Å². The lowest BCUT2D eigenvalue weighted by Crippen LogP contribution is -2.14. The number of carbonyl (C=O) groups is 1. The average Bonchev–Trinajstić information content (AvgIpc) is 2.79. The van der Waals surface area contributed by atoms with Gasteiger partial charge in [-0.2, -0.15) is 0 Å². The maximum absolute atomic E-state index is 12.5. The van der Waals surface area contributed by atoms with Crippen LogP contribution in [0.25, 0.3) is 15.9 Å². The van der Waals surface area contributed by atoms with Crippen molar-refractivity contribution in [3.05, 3.63) is 65.1 Å². The van der Waals surface area contributed by atoms with Crippen molar-refractivity contribution in [1.29, 1.82) is 5.39 Å². The molecule has 0 bridgehead atoms. The van der Waals surface area contributed by atoms with Crippen LogP contribution in [-0.4, -0.2) is 10.5 Å². The van der Waals surface area contributed by atoms with Gasteiger partial charge in [0.05, 0.1) is 16.8 Å². The van der Waals surface area contributed by atoms with Gasteiger partial charge in [-0.15, -0.1) is 0 Å². The molecule has 2 aromatic carbocycles. The smallest absolute Gasteiger partial charge is 0.403 e. The second-order valence-electron chi connectivity index (χ2n) is 4.28. The first-order chi connectivity index (χ1) is 9.74. The number of hydrogen-bond donors (Lipinski definition) is 0. The first-order valence-electron chi connectivity index (χ1n) is 5.99. The van der Waals surface area contributed by atoms with E-state index in [0.29, 0.717) is 16.5 Å². The molecule has 0 radical (unpaired) electrons. The van der Waals surface area contributed by atoms with E-state index in [9.17, 15) is 9.90 Å². The minimum Gasteiger partial charge on any atom is -0.854 e. The second kappa shape index (κ2) is 4.52. The number of diazo groups is 1. The first kappa shape index (κ1) is 11.9. The van der Waals surface area contributed by atoms with Crippen LogP contribution in [0.4, 0.5) is 5.69 Å². The number of fused-ring (bicyclic) bond motifs is 1. The maximum Gasteiger partial charge on any atom is 0.403 e. The summed E-state index contributed by atoms with van der Waals surface area (Å²) in [5, 5.41) is 21.7. The number of nitrogens with zero attached hydrogens (tertiary/aromatic N) is 3. The summed E-state index contributed by atoms with van der Waals surface area (Å²) >= 11 is 0. The van der Waals surface area contributed by atoms with E-state index in [1.54, 1.807) is 54.6 Å². The molecule has 0 atom stereocenters. The summed E-state index contributed by atoms with van der Waals surface area (Å²) < 4.78 is 1.03. The third-order valence-electron chi connectivity index (χ3n) is 3.13. The third kappa shape index (κ3) is 1.63. The number of para-hydroxylation sites is 1. The molecular formula is C15H9N3O2. The van der Waals surface area contributed by atoms with Gasteiger partial charge < -0.3 is 5.11 Å². The molecular weight excluding hydrogens is 254 g/mol. The van der Waals surface area contributed by atoms with Crippen molar-refractivity contribution in [3.8, 4) is 5.88 Å². The predicted molar refractivity (Wildman–Crippen MR) is 72.3 cm³/mol. The monoisotopic (exact) mass is 263 g/mol. The SMILES string of the molecule is N#[N+]c1c([O-])n(C(=O)c2ccccc2)c2ccccc12. The molecule has 0 aliphatic rings. The predicted octanol–water partition coefficient (Wildman–Crippen LogP) is 2.89. The highest BCUT2D eigenvalue weighted by atomic mass is 16.3. The van der Waals surface area contributed by atoms with Crippen molar-refractivity contribution in [2.24, 2.45) is 0 Å². The number of rotatable bonds is 1. The molecule has 0 amide bonds. The maximum atomic E-state index is 12.5. The number of carbonyl (C=O) groups excluding carboxylic acids is 1. The van der Waals surface area contributed by atoms with Crippen LogP contribution in [0.1, 0.15) is 10.4 Å². The van der Waals surface area contributed by atoms with Crippen LogP contribution in [-0.2, 0) is 0 Å². The highest BCUT2D eigenvalue weighted by Gasteiger charge is 2.24. The number of benzene rings is 2. The van der Waals surface area contributed by atoms with Gasteiger partial charge in [0, 0.05) is 5.56 Å². The number of aromatic nitrogens is 1. The molecule has 1 aromatic heterocycles. The standard InChI is InChI=1S/C15H9N3O2/c16-17-13-11-8-4-5-9-12(11)18(15(13)20)14(19)10-6-2-1-3-7-10/h1-9H. The van der Waals surface area contributed by atoms with Crippen molar-refractivity contribution < 1.29 is 9.90 Å². The molecule has 0 fully saturated rings. The molecule has 20 heavy (non-hydrogen) atoms. The van der Waals surface area contributed by atoms with E-state index < -0.39 is 11.8 Å². The topological polar surface area (TPSA) is 73.2 Å². The Bertz CT molecular complexity index is 845. The van der Waals surface area contributed by atoms with Crippen LogP contribution in [0.2, 0.25) is 0 Å². The highest BCUT2D eigenvalue weighted by Crippen LogP contribution is 2.37. The number of hydrogen-bond acceptors (Lipinski definition) is 3. The van der Waals surface area contributed by atoms with Gasteiger partial charge in [-0.1, -0.05) is 30.3 Å². The molecule has 0 saturated heterocycles. The van der Waals surface area contributed by atoms with Gasteiger partial charge >= 0.3 is 5.69 Å². The normalized spacial score (nSPS) is 10.3. The van der Waals surface area contributed by atoms with Gasteiger partial charge in [0.25, 0.3) is 5.91 Å². The third-order valence-corrected chi connectivity index (χ3v) is 3.13. The lowest BCUT2D eigenvalue weighted by Gasteiger charge is -2.09. The van der Waals surface area contributed by atoms with Gasteiger partial charge in [-0.25, -0.2) is 0 Å². The molecule has 3 rings (SSSR count). The fraction of sp³-hybridized carbons (Fsp3) is 0. The van der Waals surface area contributed by atoms with Crippen molar-refractivity contribution >= 4 is 22.5 Å². The second-order valence-corrected chi connectivity index (χ2v) is 4.28. The van der Waals surface area contributed by atoms with Crippen LogP contribution in [0, 0.1) is 5.39 Å². The fourth-order valence-electron chi connectivity index (χ4n) is 2.21. The van der Waals surface area contributed by atoms with Gasteiger partial charge in [0.1, 0.15) is 0 Å². The van der Waals surface area contributed by atoms with Crippen molar-refractivity contribution in [3.63, 3.8) is 0 Å². The Morgan fingerprint density at radius 1 is 1.05 bits per heavy atom. The van der Waals surface area contributed by atoms with Crippen LogP contribution < -0.4 is 5.11 Å². The Hall–Kier alpha value is -3.13. The molecule has 0 saturated carbocycles. The highest BCUT2D eigenvalue weighted by molar-refractivity contribution is 6.08. The van der Waals surface area contributed by atoms with Crippen molar-refractivity contribution in [1.82, 2.24) is 4.57 Å². The van der Waals surface area contributed by atoms with E-state index in [-0.39, 0.29) is 5.69 Å². The molecule has 0 unspecified atom stereocenters. The van der Waals surface area contributed by atoms with E-state index in [1.807, 2.05) is 0 Å². The Morgan fingerprint density at radius 2 is 1.70 bits per heavy atom. The summed E-state index contributed by atoms with van der Waals surface area (Å²) in [6.07, 6.45) is 0. The zero-order valence-corrected chi connectivity index (χ0v) is 10.4. The van der Waals surface area contributed by atoms with Gasteiger partial charge in [-0.3, -0.25) is 9.36 Å². The Labute approximate surface area is 114 Å². The van der Waals surface area contributed by atoms with Gasteiger partial charge in [0.15, 0.2) is 4.98 Å². The van der Waals surface area contributed by atoms with E-state index in [2.05, 4.69) is 4.98 Å². The van der Waals surface area contributed by atoms with Gasteiger partial charge in [0.2, 0.25) is 5.39 Å². The molecule has 3 aromatic rings. The average molecular weight is 263 g/mol. The summed E-state index contributed by atoms with van der Waals surface area (Å²) in [5.41, 5.74) is 0.707. The summed E-state index contributed by atoms with van der Waals surface area (Å²) in [4.78, 5) is 15.5. The summed E-state index contributed by atoms with van der Waals surface area (Å²) in [6, 6.07) is 15.2. The van der Waals surface area contributed by atoms with Crippen molar-refractivity contribution in [2.45, 2.75) is 0 Å². The molecule has 0 N–H and O–H groups in total. The quantitative estimate of drug-likeness (QED) is 0.633. The largest absolute Gasteiger partial charge is 0.854 e. The van der Waals surface area contributed by atoms with Crippen LogP contribution in [0.5, 0.6) is 5.88 Å². The molecule has 96 valence electrons. The molecule has 0 aliphatic carbocycles. The van der Waals surface area contributed by atoms with Crippen LogP contribution in [0.3, 0.4) is 0 Å². The Balaban J connectivity index is 2.30.